The van der Waals surface area contributed by atoms with Crippen LogP contribution >= 0.6 is 0 Å². The van der Waals surface area contributed by atoms with Crippen molar-refractivity contribution in [2.75, 3.05) is 39.8 Å². The van der Waals surface area contributed by atoms with Gasteiger partial charge in [-0.25, -0.2) is 9.07 Å². The summed E-state index contributed by atoms with van der Waals surface area (Å²) in [5.74, 6) is -0.864. The standard InChI is InChI=1S/C22H29FN4O2/c1-15-8-16(2)27(25-15)18-4-5-20(23)19(10-18)17(9-21(28)29-3)11-26-13-22(14-26)6-7-24-12-22/h4-5,8,10,17,24H,6-7,9,11-14H2,1-3H3/t17-/m1/s1. The summed E-state index contributed by atoms with van der Waals surface area (Å²) in [5.41, 5.74) is 3.62. The molecule has 156 valence electrons. The van der Waals surface area contributed by atoms with E-state index in [1.807, 2.05) is 30.7 Å². The highest BCUT2D eigenvalue weighted by atomic mass is 19.1. The molecule has 2 aliphatic rings. The van der Waals surface area contributed by atoms with Gasteiger partial charge in [-0.2, -0.15) is 5.10 Å². The van der Waals surface area contributed by atoms with Crippen molar-refractivity contribution < 1.29 is 13.9 Å². The first-order valence-electron chi connectivity index (χ1n) is 10.2. The van der Waals surface area contributed by atoms with Crippen molar-refractivity contribution in [3.05, 3.63) is 47.0 Å². The third-order valence-corrected chi connectivity index (χ3v) is 6.24. The normalized spacial score (nSPS) is 19.3. The molecule has 0 amide bonds. The molecule has 2 aliphatic heterocycles. The summed E-state index contributed by atoms with van der Waals surface area (Å²) < 4.78 is 21.6. The summed E-state index contributed by atoms with van der Waals surface area (Å²) in [4.78, 5) is 14.4. The number of halogens is 1. The number of ether oxygens (including phenoxy) is 1. The monoisotopic (exact) mass is 400 g/mol. The molecular weight excluding hydrogens is 371 g/mol. The first-order valence-corrected chi connectivity index (χ1v) is 10.2. The number of aryl methyl sites for hydroxylation is 2. The van der Waals surface area contributed by atoms with E-state index in [-0.39, 0.29) is 24.1 Å². The zero-order chi connectivity index (χ0) is 20.6. The Labute approximate surface area is 171 Å². The maximum atomic E-state index is 14.9. The van der Waals surface area contributed by atoms with Crippen LogP contribution in [0.4, 0.5) is 4.39 Å². The van der Waals surface area contributed by atoms with Crippen molar-refractivity contribution >= 4 is 5.97 Å². The van der Waals surface area contributed by atoms with Gasteiger partial charge in [0.25, 0.3) is 0 Å². The molecule has 7 heteroatoms. The summed E-state index contributed by atoms with van der Waals surface area (Å²) in [5, 5.41) is 7.94. The molecule has 2 aromatic rings. The van der Waals surface area contributed by atoms with Gasteiger partial charge in [0.05, 0.1) is 24.9 Å². The quantitative estimate of drug-likeness (QED) is 0.756. The Balaban J connectivity index is 1.59. The van der Waals surface area contributed by atoms with Crippen molar-refractivity contribution in [1.29, 1.82) is 0 Å². The van der Waals surface area contributed by atoms with Crippen LogP contribution in [0.15, 0.2) is 24.3 Å². The highest BCUT2D eigenvalue weighted by Crippen LogP contribution is 2.38. The van der Waals surface area contributed by atoms with Crippen LogP contribution in [-0.4, -0.2) is 60.5 Å². The smallest absolute Gasteiger partial charge is 0.306 e. The van der Waals surface area contributed by atoms with Gasteiger partial charge in [0.15, 0.2) is 0 Å². The van der Waals surface area contributed by atoms with Crippen LogP contribution in [0.25, 0.3) is 5.69 Å². The van der Waals surface area contributed by atoms with Crippen LogP contribution in [0.2, 0.25) is 0 Å². The van der Waals surface area contributed by atoms with Gasteiger partial charge in [0, 0.05) is 43.2 Å². The molecule has 29 heavy (non-hydrogen) atoms. The second kappa shape index (κ2) is 7.88. The van der Waals surface area contributed by atoms with Gasteiger partial charge in [-0.15, -0.1) is 0 Å². The summed E-state index contributed by atoms with van der Waals surface area (Å²) in [6.45, 7) is 8.67. The zero-order valence-corrected chi connectivity index (χ0v) is 17.4. The number of methoxy groups -OCH3 is 1. The van der Waals surface area contributed by atoms with Gasteiger partial charge in [-0.3, -0.25) is 4.79 Å². The number of esters is 1. The lowest BCUT2D eigenvalue weighted by Crippen LogP contribution is -2.58. The largest absolute Gasteiger partial charge is 0.469 e. The Hall–Kier alpha value is -2.25. The second-order valence-electron chi connectivity index (χ2n) is 8.62. The average molecular weight is 400 g/mol. The molecule has 1 aromatic heterocycles. The van der Waals surface area contributed by atoms with Crippen LogP contribution in [0.3, 0.4) is 0 Å². The van der Waals surface area contributed by atoms with Crippen molar-refractivity contribution in [1.82, 2.24) is 20.0 Å². The van der Waals surface area contributed by atoms with Crippen LogP contribution in [-0.2, 0) is 9.53 Å². The van der Waals surface area contributed by atoms with E-state index >= 15 is 0 Å². The highest BCUT2D eigenvalue weighted by molar-refractivity contribution is 5.70. The third-order valence-electron chi connectivity index (χ3n) is 6.24. The maximum absolute atomic E-state index is 14.9. The average Bonchev–Trinajstić information content (AvgIpc) is 3.27. The number of nitrogens with one attached hydrogen (secondary N) is 1. The summed E-state index contributed by atoms with van der Waals surface area (Å²) in [6.07, 6.45) is 1.35. The number of hydrogen-bond donors (Lipinski definition) is 1. The fraction of sp³-hybridized carbons (Fsp3) is 0.545. The number of aromatic nitrogens is 2. The Morgan fingerprint density at radius 3 is 2.76 bits per heavy atom. The molecule has 2 fully saturated rings. The predicted molar refractivity (Wildman–Crippen MR) is 109 cm³/mol. The van der Waals surface area contributed by atoms with Gasteiger partial charge < -0.3 is 15.0 Å². The predicted octanol–water partition coefficient (Wildman–Crippen LogP) is 2.57. The molecule has 0 aliphatic carbocycles. The first kappa shape index (κ1) is 20.0. The number of likely N-dealkylation sites (tertiary alicyclic amines) is 1. The topological polar surface area (TPSA) is 59.4 Å². The van der Waals surface area contributed by atoms with E-state index in [2.05, 4.69) is 15.3 Å². The van der Waals surface area contributed by atoms with Crippen molar-refractivity contribution in [2.45, 2.75) is 32.6 Å². The summed E-state index contributed by atoms with van der Waals surface area (Å²) >= 11 is 0. The number of rotatable bonds is 6. The van der Waals surface area contributed by atoms with Gasteiger partial charge >= 0.3 is 5.97 Å². The molecule has 2 saturated heterocycles. The molecule has 1 spiro atoms. The van der Waals surface area contributed by atoms with Crippen molar-refractivity contribution in [3.8, 4) is 5.69 Å². The van der Waals surface area contributed by atoms with Crippen LogP contribution in [0.5, 0.6) is 0 Å². The van der Waals surface area contributed by atoms with Gasteiger partial charge in [-0.05, 0) is 56.6 Å². The minimum absolute atomic E-state index is 0.162. The zero-order valence-electron chi connectivity index (χ0n) is 17.4. The minimum atomic E-state index is -0.316. The van der Waals surface area contributed by atoms with Gasteiger partial charge in [0.2, 0.25) is 0 Å². The van der Waals surface area contributed by atoms with Gasteiger partial charge in [-0.1, -0.05) is 0 Å². The number of hydrogen-bond acceptors (Lipinski definition) is 5. The second-order valence-corrected chi connectivity index (χ2v) is 8.62. The highest BCUT2D eigenvalue weighted by Gasteiger charge is 2.45. The summed E-state index contributed by atoms with van der Waals surface area (Å²) in [7, 11) is 1.38. The van der Waals surface area contributed by atoms with E-state index in [9.17, 15) is 9.18 Å². The molecule has 0 saturated carbocycles. The number of benzene rings is 1. The molecule has 3 heterocycles. The lowest BCUT2D eigenvalue weighted by Gasteiger charge is -2.49. The SMILES string of the molecule is COC(=O)C[C@H](CN1CC2(CCNC2)C1)c1cc(-n2nc(C)cc2C)ccc1F. The maximum Gasteiger partial charge on any atom is 0.306 e. The minimum Gasteiger partial charge on any atom is -0.469 e. The Morgan fingerprint density at radius 2 is 2.14 bits per heavy atom. The van der Waals surface area contributed by atoms with Crippen molar-refractivity contribution in [3.63, 3.8) is 0 Å². The fourth-order valence-electron chi connectivity index (χ4n) is 4.83. The Morgan fingerprint density at radius 1 is 1.34 bits per heavy atom. The van der Waals surface area contributed by atoms with E-state index < -0.39 is 0 Å². The molecular formula is C22H29FN4O2. The number of carbonyl (C=O) groups is 1. The van der Waals surface area contributed by atoms with Crippen LogP contribution < -0.4 is 5.32 Å². The molecule has 6 nitrogen and oxygen atoms in total. The molecule has 0 radical (unpaired) electrons. The Kier molecular flexibility index (Phi) is 5.44. The molecule has 0 unspecified atom stereocenters. The lowest BCUT2D eigenvalue weighted by molar-refractivity contribution is -0.141. The van der Waals surface area contributed by atoms with E-state index in [0.29, 0.717) is 17.5 Å². The van der Waals surface area contributed by atoms with Crippen LogP contribution in [0, 0.1) is 25.1 Å². The third kappa shape index (κ3) is 4.07. The van der Waals surface area contributed by atoms with Crippen molar-refractivity contribution in [2.24, 2.45) is 5.41 Å². The molecule has 1 N–H and O–H groups in total. The number of nitrogens with zero attached hydrogens (tertiary/aromatic N) is 3. The Bertz CT molecular complexity index is 896. The van der Waals surface area contributed by atoms with Gasteiger partial charge in [0.1, 0.15) is 5.82 Å². The van der Waals surface area contributed by atoms with E-state index in [1.165, 1.54) is 19.6 Å². The number of carbonyl (C=O) groups excluding carboxylic acids is 1. The van der Waals surface area contributed by atoms with E-state index in [4.69, 9.17) is 4.74 Å². The molecule has 1 aromatic carbocycles. The fourth-order valence-corrected chi connectivity index (χ4v) is 4.83. The summed E-state index contributed by atoms with van der Waals surface area (Å²) in [6, 6.07) is 7.03. The lowest BCUT2D eigenvalue weighted by atomic mass is 9.78. The molecule has 1 atom stereocenters. The first-order chi connectivity index (χ1) is 13.9. The molecule has 0 bridgehead atoms. The van der Waals surface area contributed by atoms with Crippen LogP contribution in [0.1, 0.15) is 35.7 Å². The van der Waals surface area contributed by atoms with E-state index in [1.54, 1.807) is 6.07 Å². The molecule has 4 rings (SSSR count). The van der Waals surface area contributed by atoms with E-state index in [0.717, 1.165) is 43.3 Å².